The Labute approximate surface area is 517 Å². The van der Waals surface area contributed by atoms with E-state index in [0.29, 0.717) is 46.3 Å². The maximum atomic E-state index is 12.6. The van der Waals surface area contributed by atoms with Gasteiger partial charge in [-0.05, 0) is 216 Å². The molecule has 6 nitrogen and oxygen atoms in total. The second kappa shape index (κ2) is 44.0. The first-order chi connectivity index (χ1) is 40.3. The minimum atomic E-state index is -0.475. The van der Waals surface area contributed by atoms with Crippen molar-refractivity contribution in [2.45, 2.75) is 215 Å². The molecule has 4 heterocycles. The van der Waals surface area contributed by atoms with Gasteiger partial charge in [0.25, 0.3) is 0 Å². The van der Waals surface area contributed by atoms with Crippen molar-refractivity contribution in [2.75, 3.05) is 39.6 Å². The van der Waals surface area contributed by atoms with E-state index in [2.05, 4.69) is 93.5 Å². The summed E-state index contributed by atoms with van der Waals surface area (Å²) in [7, 11) is 0. The van der Waals surface area contributed by atoms with Crippen LogP contribution in [0.2, 0.25) is 0 Å². The van der Waals surface area contributed by atoms with Crippen molar-refractivity contribution in [3.63, 3.8) is 0 Å². The third-order valence-corrected chi connectivity index (χ3v) is 15.0. The summed E-state index contributed by atoms with van der Waals surface area (Å²) in [6.07, 6.45) is 12.2. The zero-order chi connectivity index (χ0) is 65.1. The summed E-state index contributed by atoms with van der Waals surface area (Å²) in [4.78, 5) is 0. The van der Waals surface area contributed by atoms with E-state index in [1.807, 2.05) is 39.8 Å². The maximum Gasteiger partial charge on any atom is 0.154 e. The van der Waals surface area contributed by atoms with E-state index in [4.69, 9.17) is 28.4 Å². The standard InChI is InChI=1S/2C8H8F2.2C8H9F.C8H16.C8H10.2C7H14O.2C6H12O2/c2*1-5-3-7(9)6(2)8(10)4-5;2*1-6-3-4-7(2)8(9)5-6;2*1-7-3-5-8(2)6-4-7;2*1-6-3-4-7(2)8-5-6;2*1-5-3-7-6(2)8-4-5/h2*3-4H,1-2H3;2*3-5H,1-2H3;7-8H,3-6H2,1-2H3;3-6H,1-2H3;2*6-7H,3-5H2,1-2H3;2*5-6H,3-4H2,1-2H3. The van der Waals surface area contributed by atoms with Gasteiger partial charge >= 0.3 is 0 Å². The molecule has 0 spiro atoms. The number of aryl methyl sites for hydroxylation is 8. The van der Waals surface area contributed by atoms with Crippen LogP contribution in [0.5, 0.6) is 0 Å². The van der Waals surface area contributed by atoms with Crippen molar-refractivity contribution in [3.8, 4) is 0 Å². The number of rotatable bonds is 0. The topological polar surface area (TPSA) is 55.4 Å². The van der Waals surface area contributed by atoms with E-state index in [1.165, 1.54) is 113 Å². The zero-order valence-electron chi connectivity index (χ0n) is 56.5. The van der Waals surface area contributed by atoms with Crippen LogP contribution in [0.4, 0.5) is 26.3 Å². The van der Waals surface area contributed by atoms with Crippen LogP contribution in [-0.4, -0.2) is 64.4 Å². The third kappa shape index (κ3) is 38.0. The van der Waals surface area contributed by atoms with Crippen molar-refractivity contribution in [2.24, 2.45) is 35.5 Å². The van der Waals surface area contributed by atoms with Crippen molar-refractivity contribution >= 4 is 0 Å². The van der Waals surface area contributed by atoms with E-state index >= 15 is 0 Å². The molecule has 5 aromatic carbocycles. The van der Waals surface area contributed by atoms with Crippen molar-refractivity contribution in [1.82, 2.24) is 0 Å². The van der Waals surface area contributed by atoms with Crippen LogP contribution < -0.4 is 0 Å². The second-order valence-electron chi connectivity index (χ2n) is 25.1. The number of benzene rings is 5. The van der Waals surface area contributed by atoms with Gasteiger partial charge < -0.3 is 28.4 Å². The van der Waals surface area contributed by atoms with Gasteiger partial charge in [-0.25, -0.2) is 26.3 Å². The highest BCUT2D eigenvalue weighted by Gasteiger charge is 2.17. The van der Waals surface area contributed by atoms with E-state index in [1.54, 1.807) is 39.8 Å². The monoisotopic (exact) mass is 1210 g/mol. The minimum Gasteiger partial charge on any atom is -0.378 e. The van der Waals surface area contributed by atoms with Crippen LogP contribution in [0.3, 0.4) is 0 Å². The van der Waals surface area contributed by atoms with Crippen LogP contribution in [0.15, 0.2) is 84.9 Å². The molecule has 4 unspecified atom stereocenters. The molecule has 1 saturated carbocycles. The largest absolute Gasteiger partial charge is 0.378 e. The molecular formula is C74H112F6O6. The Kier molecular flexibility index (Phi) is 40.6. The summed E-state index contributed by atoms with van der Waals surface area (Å²) in [6.45, 7) is 44.6. The molecule has 486 valence electrons. The zero-order valence-corrected chi connectivity index (χ0v) is 56.5. The summed E-state index contributed by atoms with van der Waals surface area (Å²) >= 11 is 0. The highest BCUT2D eigenvalue weighted by molar-refractivity contribution is 5.25. The van der Waals surface area contributed by atoms with Gasteiger partial charge in [-0.1, -0.05) is 127 Å². The normalized spacial score (nSPS) is 23.7. The molecular weight excluding hydrogens is 1100 g/mol. The number of hydrogen-bond acceptors (Lipinski definition) is 6. The summed E-state index contributed by atoms with van der Waals surface area (Å²) in [5.41, 5.74) is 7.42. The van der Waals surface area contributed by atoms with Gasteiger partial charge in [0.2, 0.25) is 0 Å². The van der Waals surface area contributed by atoms with Gasteiger partial charge in [0.1, 0.15) is 34.9 Å². The van der Waals surface area contributed by atoms with Crippen molar-refractivity contribution < 1.29 is 54.8 Å². The Morgan fingerprint density at radius 1 is 0.256 bits per heavy atom. The van der Waals surface area contributed by atoms with E-state index in [-0.39, 0.29) is 35.3 Å². The Balaban J connectivity index is 0.000000478. The fraction of sp³-hybridized carbons (Fsp3) is 0.595. The van der Waals surface area contributed by atoms with Gasteiger partial charge in [-0.15, -0.1) is 0 Å². The summed E-state index contributed by atoms with van der Waals surface area (Å²) in [5, 5.41) is 0. The molecule has 12 heteroatoms. The lowest BCUT2D eigenvalue weighted by Crippen LogP contribution is -2.27. The Hall–Kier alpha value is -4.56. The SMILES string of the molecule is CC1CCC(C)CC1.CC1CCC(C)OC1.CC1CCC(C)OC1.CC1COC(C)OC1.CC1COC(C)OC1.Cc1cc(F)c(C)c(F)c1.Cc1cc(F)c(C)c(F)c1.Cc1ccc(C)c(F)c1.Cc1ccc(C)c(F)c1.Cc1ccc(C)cc1. The lowest BCUT2D eigenvalue weighted by Gasteiger charge is -2.24. The minimum absolute atomic E-state index is 0.0196. The molecule has 4 atom stereocenters. The van der Waals surface area contributed by atoms with E-state index in [0.717, 1.165) is 74.4 Å². The van der Waals surface area contributed by atoms with Crippen LogP contribution in [0.25, 0.3) is 0 Å². The van der Waals surface area contributed by atoms with Crippen LogP contribution >= 0.6 is 0 Å². The fourth-order valence-electron chi connectivity index (χ4n) is 8.42. The number of halogens is 6. The predicted octanol–water partition coefficient (Wildman–Crippen LogP) is 20.9. The van der Waals surface area contributed by atoms with Gasteiger partial charge in [0, 0.05) is 36.2 Å². The molecule has 5 aliphatic rings. The van der Waals surface area contributed by atoms with E-state index < -0.39 is 23.3 Å². The molecule has 0 aromatic heterocycles. The molecule has 10 rings (SSSR count). The molecule has 5 fully saturated rings. The third-order valence-electron chi connectivity index (χ3n) is 15.0. The highest BCUT2D eigenvalue weighted by atomic mass is 19.2. The lowest BCUT2D eigenvalue weighted by molar-refractivity contribution is -0.187. The first-order valence-electron chi connectivity index (χ1n) is 31.4. The molecule has 4 saturated heterocycles. The molecule has 5 aromatic rings. The molecule has 0 bridgehead atoms. The van der Waals surface area contributed by atoms with Gasteiger partial charge in [0.15, 0.2) is 12.6 Å². The lowest BCUT2D eigenvalue weighted by atomic mass is 9.84. The quantitative estimate of drug-likeness (QED) is 0.144. The smallest absolute Gasteiger partial charge is 0.154 e. The van der Waals surface area contributed by atoms with Crippen molar-refractivity contribution in [3.05, 3.63) is 175 Å². The van der Waals surface area contributed by atoms with E-state index in [9.17, 15) is 26.3 Å². The maximum absolute atomic E-state index is 12.6. The summed E-state index contributed by atoms with van der Waals surface area (Å²) in [6, 6.07) is 24.2. The van der Waals surface area contributed by atoms with Crippen molar-refractivity contribution in [1.29, 1.82) is 0 Å². The summed E-state index contributed by atoms with van der Waals surface area (Å²) in [5.74, 6) is 2.65. The molecule has 0 radical (unpaired) electrons. The van der Waals surface area contributed by atoms with Crippen LogP contribution in [0.1, 0.15) is 176 Å². The predicted molar refractivity (Wildman–Crippen MR) is 345 cm³/mol. The van der Waals surface area contributed by atoms with Gasteiger partial charge in [-0.3, -0.25) is 0 Å². The highest BCUT2D eigenvalue weighted by Crippen LogP contribution is 2.27. The number of ether oxygens (including phenoxy) is 6. The second-order valence-corrected chi connectivity index (χ2v) is 25.1. The Bertz CT molecular complexity index is 2210. The van der Waals surface area contributed by atoms with Crippen LogP contribution in [0, 0.1) is 140 Å². The molecule has 86 heavy (non-hydrogen) atoms. The average Bonchev–Trinajstić information content (AvgIpc) is 3.61. The molecule has 4 aliphatic heterocycles. The molecule has 0 N–H and O–H groups in total. The molecule has 1 aliphatic carbocycles. The summed E-state index contributed by atoms with van der Waals surface area (Å²) < 4.78 is 107. The first-order valence-corrected chi connectivity index (χ1v) is 31.4. The van der Waals surface area contributed by atoms with Gasteiger partial charge in [0.05, 0.1) is 38.6 Å². The van der Waals surface area contributed by atoms with Crippen LogP contribution in [-0.2, 0) is 28.4 Å². The first kappa shape index (κ1) is 79.5. The Morgan fingerprint density at radius 2 is 0.488 bits per heavy atom. The Morgan fingerprint density at radius 3 is 0.698 bits per heavy atom. The molecule has 0 amide bonds. The fourth-order valence-corrected chi connectivity index (χ4v) is 8.42. The number of hydrogen-bond donors (Lipinski definition) is 0. The van der Waals surface area contributed by atoms with Gasteiger partial charge in [-0.2, -0.15) is 0 Å². The average molecular weight is 1210 g/mol.